The van der Waals surface area contributed by atoms with Crippen molar-refractivity contribution in [2.24, 2.45) is 0 Å². The van der Waals surface area contributed by atoms with Gasteiger partial charge in [0.1, 0.15) is 12.2 Å². The normalized spacial score (nSPS) is 12.3. The minimum Gasteiger partial charge on any atom is -0.493 e. The maximum atomic E-state index is 12.5. The van der Waals surface area contributed by atoms with Gasteiger partial charge in [0.15, 0.2) is 17.6 Å². The van der Waals surface area contributed by atoms with Gasteiger partial charge in [0.2, 0.25) is 0 Å². The monoisotopic (exact) mass is 428 g/mol. The van der Waals surface area contributed by atoms with Crippen LogP contribution in [0.2, 0.25) is 0 Å². The SMILES string of the molecule is C=CCOC(C(=O)NCCc1ccc(OC)c(OC)c1)c1cn(CC(F)(F)F)nn1. The van der Waals surface area contributed by atoms with Crippen molar-refractivity contribution in [1.82, 2.24) is 20.3 Å². The summed E-state index contributed by atoms with van der Waals surface area (Å²) >= 11 is 0. The van der Waals surface area contributed by atoms with Gasteiger partial charge in [-0.2, -0.15) is 13.2 Å². The lowest BCUT2D eigenvalue weighted by molar-refractivity contribution is -0.142. The van der Waals surface area contributed by atoms with Crippen LogP contribution < -0.4 is 14.8 Å². The highest BCUT2D eigenvalue weighted by Crippen LogP contribution is 2.27. The predicted molar refractivity (Wildman–Crippen MR) is 101 cm³/mol. The molecule has 0 aliphatic rings. The third kappa shape index (κ3) is 6.76. The number of hydrogen-bond acceptors (Lipinski definition) is 6. The summed E-state index contributed by atoms with van der Waals surface area (Å²) in [6.45, 7) is 2.47. The molecule has 1 aromatic heterocycles. The van der Waals surface area contributed by atoms with Crippen molar-refractivity contribution in [2.45, 2.75) is 25.2 Å². The van der Waals surface area contributed by atoms with Gasteiger partial charge in [0.25, 0.3) is 5.91 Å². The lowest BCUT2D eigenvalue weighted by Crippen LogP contribution is -2.32. The number of amides is 1. The van der Waals surface area contributed by atoms with Gasteiger partial charge >= 0.3 is 6.18 Å². The number of nitrogens with zero attached hydrogens (tertiary/aromatic N) is 3. The summed E-state index contributed by atoms with van der Waals surface area (Å²) in [4.78, 5) is 12.5. The van der Waals surface area contributed by atoms with E-state index >= 15 is 0 Å². The van der Waals surface area contributed by atoms with Crippen LogP contribution in [0.15, 0.2) is 37.1 Å². The predicted octanol–water partition coefficient (Wildman–Crippen LogP) is 2.46. The first-order chi connectivity index (χ1) is 14.3. The van der Waals surface area contributed by atoms with E-state index in [0.29, 0.717) is 22.6 Å². The number of rotatable bonds is 11. The number of alkyl halides is 3. The van der Waals surface area contributed by atoms with Gasteiger partial charge < -0.3 is 19.5 Å². The molecule has 0 fully saturated rings. The second-order valence-electron chi connectivity index (χ2n) is 6.19. The van der Waals surface area contributed by atoms with Gasteiger partial charge in [-0.25, -0.2) is 4.68 Å². The average Bonchev–Trinajstić information content (AvgIpc) is 3.14. The third-order valence-electron chi connectivity index (χ3n) is 3.95. The van der Waals surface area contributed by atoms with Crippen LogP contribution in [-0.4, -0.2) is 54.4 Å². The van der Waals surface area contributed by atoms with Gasteiger partial charge in [0, 0.05) is 6.54 Å². The van der Waals surface area contributed by atoms with Crippen LogP contribution in [0.1, 0.15) is 17.4 Å². The molecular weight excluding hydrogens is 405 g/mol. The molecular formula is C19H23F3N4O4. The van der Waals surface area contributed by atoms with Crippen LogP contribution in [0.3, 0.4) is 0 Å². The van der Waals surface area contributed by atoms with Gasteiger partial charge in [0.05, 0.1) is 27.0 Å². The Morgan fingerprint density at radius 2 is 2.03 bits per heavy atom. The summed E-state index contributed by atoms with van der Waals surface area (Å²) in [5, 5.41) is 9.75. The Balaban J connectivity index is 2.01. The van der Waals surface area contributed by atoms with Crippen LogP contribution in [-0.2, 0) is 22.5 Å². The zero-order valence-corrected chi connectivity index (χ0v) is 16.6. The van der Waals surface area contributed by atoms with Crippen molar-refractivity contribution >= 4 is 5.91 Å². The van der Waals surface area contributed by atoms with Crippen molar-refractivity contribution in [3.8, 4) is 11.5 Å². The lowest BCUT2D eigenvalue weighted by Gasteiger charge is -2.15. The first-order valence-electron chi connectivity index (χ1n) is 8.95. The van der Waals surface area contributed by atoms with Gasteiger partial charge in [-0.05, 0) is 24.1 Å². The van der Waals surface area contributed by atoms with Crippen molar-refractivity contribution < 1.29 is 32.2 Å². The maximum absolute atomic E-state index is 12.5. The Bertz CT molecular complexity index is 855. The molecule has 0 saturated heterocycles. The first kappa shape index (κ1) is 23.2. The second-order valence-corrected chi connectivity index (χ2v) is 6.19. The maximum Gasteiger partial charge on any atom is 0.408 e. The largest absolute Gasteiger partial charge is 0.493 e. The topological polar surface area (TPSA) is 87.5 Å². The van der Waals surface area contributed by atoms with E-state index in [-0.39, 0.29) is 18.8 Å². The molecule has 1 heterocycles. The Kier molecular flexibility index (Phi) is 8.22. The smallest absolute Gasteiger partial charge is 0.408 e. The van der Waals surface area contributed by atoms with E-state index in [9.17, 15) is 18.0 Å². The van der Waals surface area contributed by atoms with Crippen LogP contribution in [0.5, 0.6) is 11.5 Å². The fraction of sp³-hybridized carbons (Fsp3) is 0.421. The molecule has 1 atom stereocenters. The van der Waals surface area contributed by atoms with E-state index in [1.807, 2.05) is 6.07 Å². The Labute approximate surface area is 171 Å². The van der Waals surface area contributed by atoms with Crippen molar-refractivity contribution in [2.75, 3.05) is 27.4 Å². The number of hydrogen-bond donors (Lipinski definition) is 1. The van der Waals surface area contributed by atoms with Gasteiger partial charge in [-0.3, -0.25) is 4.79 Å². The van der Waals surface area contributed by atoms with Crippen molar-refractivity contribution in [3.63, 3.8) is 0 Å². The molecule has 0 aliphatic carbocycles. The molecule has 1 N–H and O–H groups in total. The quantitative estimate of drug-likeness (QED) is 0.554. The molecule has 1 aromatic carbocycles. The van der Waals surface area contributed by atoms with E-state index in [2.05, 4.69) is 22.2 Å². The molecule has 2 aromatic rings. The summed E-state index contributed by atoms with van der Waals surface area (Å²) in [6.07, 6.45) is -2.72. The minimum absolute atomic E-state index is 0.0138. The standard InChI is InChI=1S/C19H23F3N4O4/c1-4-9-30-17(14-11-26(25-24-14)12-19(20,21)22)18(27)23-8-7-13-5-6-15(28-2)16(10-13)29-3/h4-6,10-11,17H,1,7-9,12H2,2-3H3,(H,23,27). The van der Waals surface area contributed by atoms with E-state index < -0.39 is 24.7 Å². The van der Waals surface area contributed by atoms with Crippen LogP contribution in [0, 0.1) is 0 Å². The van der Waals surface area contributed by atoms with Gasteiger partial charge in [-0.15, -0.1) is 11.7 Å². The average molecular weight is 428 g/mol. The summed E-state index contributed by atoms with van der Waals surface area (Å²) in [6, 6.07) is 5.38. The molecule has 0 aliphatic heterocycles. The highest BCUT2D eigenvalue weighted by atomic mass is 19.4. The zero-order chi connectivity index (χ0) is 22.1. The fourth-order valence-electron chi connectivity index (χ4n) is 2.61. The van der Waals surface area contributed by atoms with Crippen molar-refractivity contribution in [1.29, 1.82) is 0 Å². The number of carbonyl (C=O) groups is 1. The van der Waals surface area contributed by atoms with E-state index in [0.717, 1.165) is 11.8 Å². The molecule has 164 valence electrons. The van der Waals surface area contributed by atoms with E-state index in [1.54, 1.807) is 12.1 Å². The van der Waals surface area contributed by atoms with E-state index in [4.69, 9.17) is 14.2 Å². The minimum atomic E-state index is -4.45. The summed E-state index contributed by atoms with van der Waals surface area (Å²) < 4.78 is 54.0. The highest BCUT2D eigenvalue weighted by molar-refractivity contribution is 5.81. The summed E-state index contributed by atoms with van der Waals surface area (Å²) in [7, 11) is 3.06. The number of halogens is 3. The number of methoxy groups -OCH3 is 2. The molecule has 2 rings (SSSR count). The Morgan fingerprint density at radius 3 is 2.67 bits per heavy atom. The molecule has 1 amide bonds. The van der Waals surface area contributed by atoms with Crippen molar-refractivity contribution in [3.05, 3.63) is 48.3 Å². The number of benzene rings is 1. The fourth-order valence-corrected chi connectivity index (χ4v) is 2.61. The highest BCUT2D eigenvalue weighted by Gasteiger charge is 2.30. The number of carbonyl (C=O) groups excluding carboxylic acids is 1. The molecule has 8 nitrogen and oxygen atoms in total. The Hall–Kier alpha value is -3.08. The summed E-state index contributed by atoms with van der Waals surface area (Å²) in [5.41, 5.74) is 0.873. The molecule has 0 saturated carbocycles. The number of aromatic nitrogens is 3. The second kappa shape index (κ2) is 10.6. The van der Waals surface area contributed by atoms with Crippen LogP contribution in [0.25, 0.3) is 0 Å². The summed E-state index contributed by atoms with van der Waals surface area (Å²) in [5.74, 6) is 0.608. The molecule has 30 heavy (non-hydrogen) atoms. The molecule has 0 bridgehead atoms. The zero-order valence-electron chi connectivity index (χ0n) is 16.6. The number of nitrogens with one attached hydrogen (secondary N) is 1. The van der Waals surface area contributed by atoms with E-state index in [1.165, 1.54) is 20.3 Å². The van der Waals surface area contributed by atoms with Gasteiger partial charge in [-0.1, -0.05) is 17.4 Å². The molecule has 0 radical (unpaired) electrons. The first-order valence-corrected chi connectivity index (χ1v) is 8.95. The van der Waals surface area contributed by atoms with Crippen LogP contribution in [0.4, 0.5) is 13.2 Å². The molecule has 0 spiro atoms. The number of ether oxygens (including phenoxy) is 3. The Morgan fingerprint density at radius 1 is 1.30 bits per heavy atom. The molecule has 11 heteroatoms. The lowest BCUT2D eigenvalue weighted by atomic mass is 10.1. The third-order valence-corrected chi connectivity index (χ3v) is 3.95. The van der Waals surface area contributed by atoms with Crippen LogP contribution >= 0.6 is 0 Å². The molecule has 1 unspecified atom stereocenters.